The van der Waals surface area contributed by atoms with Gasteiger partial charge in [0, 0.05) is 5.56 Å². The lowest BCUT2D eigenvalue weighted by atomic mass is 9.83. The zero-order valence-corrected chi connectivity index (χ0v) is 15.0. The molecular formula is C19H25BrO2. The number of benzene rings is 1. The third-order valence-corrected chi connectivity index (χ3v) is 5.84. The topological polar surface area (TPSA) is 26.3 Å². The Morgan fingerprint density at radius 1 is 1.23 bits per heavy atom. The first-order valence-electron chi connectivity index (χ1n) is 8.56. The number of ketones is 1. The highest BCUT2D eigenvalue weighted by Gasteiger charge is 2.42. The van der Waals surface area contributed by atoms with Gasteiger partial charge >= 0.3 is 0 Å². The number of ether oxygens (including phenoxy) is 1. The van der Waals surface area contributed by atoms with Gasteiger partial charge in [0.2, 0.25) is 0 Å². The fourth-order valence-corrected chi connectivity index (χ4v) is 4.46. The van der Waals surface area contributed by atoms with E-state index in [1.54, 1.807) is 0 Å². The van der Waals surface area contributed by atoms with Crippen molar-refractivity contribution in [2.24, 2.45) is 5.41 Å². The number of unbranched alkanes of at least 4 members (excludes halogenated alkanes) is 1. The zero-order valence-electron chi connectivity index (χ0n) is 13.4. The average molecular weight is 365 g/mol. The Labute approximate surface area is 141 Å². The van der Waals surface area contributed by atoms with E-state index in [-0.39, 0.29) is 5.78 Å². The lowest BCUT2D eigenvalue weighted by Gasteiger charge is -2.21. The molecule has 0 unspecified atom stereocenters. The first-order chi connectivity index (χ1) is 10.7. The van der Waals surface area contributed by atoms with E-state index < -0.39 is 0 Å². The molecule has 2 aliphatic carbocycles. The average Bonchev–Trinajstić information content (AvgIpc) is 3.14. The van der Waals surface area contributed by atoms with Gasteiger partial charge in [-0.1, -0.05) is 42.1 Å². The van der Waals surface area contributed by atoms with Crippen LogP contribution in [0.4, 0.5) is 0 Å². The van der Waals surface area contributed by atoms with E-state index >= 15 is 0 Å². The second-order valence-electron chi connectivity index (χ2n) is 6.89. The van der Waals surface area contributed by atoms with E-state index in [1.165, 1.54) is 36.8 Å². The lowest BCUT2D eigenvalue weighted by Crippen LogP contribution is -2.16. The number of carbonyl (C=O) groups excluding carboxylic acids is 1. The van der Waals surface area contributed by atoms with Crippen molar-refractivity contribution in [3.8, 4) is 5.75 Å². The minimum Gasteiger partial charge on any atom is -0.493 e. The highest BCUT2D eigenvalue weighted by molar-refractivity contribution is 9.09. The first kappa shape index (κ1) is 16.0. The third-order valence-electron chi connectivity index (χ3n) is 5.33. The molecule has 1 spiro atoms. The van der Waals surface area contributed by atoms with Gasteiger partial charge in [-0.3, -0.25) is 4.79 Å². The molecule has 0 amide bonds. The van der Waals surface area contributed by atoms with Crippen molar-refractivity contribution >= 4 is 21.7 Å². The number of rotatable bonds is 6. The summed E-state index contributed by atoms with van der Waals surface area (Å²) in [6.45, 7) is 2.96. The highest BCUT2D eigenvalue weighted by atomic mass is 79.9. The van der Waals surface area contributed by atoms with Crippen LogP contribution in [0.15, 0.2) is 12.1 Å². The molecule has 0 radical (unpaired) electrons. The van der Waals surface area contributed by atoms with E-state index in [1.807, 2.05) is 12.1 Å². The molecule has 0 bridgehead atoms. The molecule has 0 saturated heterocycles. The van der Waals surface area contributed by atoms with E-state index in [9.17, 15) is 4.79 Å². The number of Topliss-reactive ketones (excluding diaryl/α,β-unsaturated/α-hetero) is 1. The molecule has 3 rings (SSSR count). The Balaban J connectivity index is 1.93. The third kappa shape index (κ3) is 2.97. The monoisotopic (exact) mass is 364 g/mol. The van der Waals surface area contributed by atoms with Gasteiger partial charge in [0.05, 0.1) is 11.9 Å². The first-order valence-corrected chi connectivity index (χ1v) is 9.68. The van der Waals surface area contributed by atoms with Crippen LogP contribution < -0.4 is 4.74 Å². The SMILES string of the molecule is CCCCOc1ccc(C(=O)CBr)c2c1CC1(CCCC1)C2. The summed E-state index contributed by atoms with van der Waals surface area (Å²) in [7, 11) is 0. The van der Waals surface area contributed by atoms with Crippen LogP contribution in [0.2, 0.25) is 0 Å². The number of carbonyl (C=O) groups is 1. The molecule has 1 aromatic carbocycles. The summed E-state index contributed by atoms with van der Waals surface area (Å²) in [5.74, 6) is 1.23. The number of alkyl halides is 1. The Kier molecular flexibility index (Phi) is 4.91. The van der Waals surface area contributed by atoms with Gasteiger partial charge in [0.25, 0.3) is 0 Å². The maximum Gasteiger partial charge on any atom is 0.173 e. The zero-order chi connectivity index (χ0) is 15.6. The molecule has 0 aliphatic heterocycles. The van der Waals surface area contributed by atoms with Gasteiger partial charge in [0.1, 0.15) is 5.75 Å². The minimum absolute atomic E-state index is 0.200. The Morgan fingerprint density at radius 2 is 1.95 bits per heavy atom. The molecule has 3 heteroatoms. The van der Waals surface area contributed by atoms with E-state index in [0.29, 0.717) is 10.7 Å². The molecule has 1 saturated carbocycles. The van der Waals surface area contributed by atoms with Crippen molar-refractivity contribution in [3.63, 3.8) is 0 Å². The predicted octanol–water partition coefficient (Wildman–Crippen LogP) is 5.10. The molecule has 120 valence electrons. The maximum absolute atomic E-state index is 12.3. The molecule has 2 nitrogen and oxygen atoms in total. The summed E-state index contributed by atoms with van der Waals surface area (Å²) in [5, 5.41) is 0.405. The predicted molar refractivity (Wildman–Crippen MR) is 93.3 cm³/mol. The summed E-state index contributed by atoms with van der Waals surface area (Å²) in [6, 6.07) is 4.01. The fourth-order valence-electron chi connectivity index (χ4n) is 4.15. The Bertz CT molecular complexity index is 559. The van der Waals surface area contributed by atoms with Crippen LogP contribution in [0.1, 0.15) is 66.9 Å². The van der Waals surface area contributed by atoms with E-state index in [2.05, 4.69) is 22.9 Å². The summed E-state index contributed by atoms with van der Waals surface area (Å²) in [5.41, 5.74) is 3.93. The van der Waals surface area contributed by atoms with Crippen LogP contribution in [-0.4, -0.2) is 17.7 Å². The number of halogens is 1. The number of fused-ring (bicyclic) bond motifs is 1. The van der Waals surface area contributed by atoms with Crippen molar-refractivity contribution in [2.75, 3.05) is 11.9 Å². The van der Waals surface area contributed by atoms with Gasteiger partial charge in [-0.05, 0) is 60.8 Å². The summed E-state index contributed by atoms with van der Waals surface area (Å²) < 4.78 is 6.04. The fraction of sp³-hybridized carbons (Fsp3) is 0.632. The molecule has 2 aliphatic rings. The standard InChI is InChI=1S/C19H25BrO2/c1-2-3-10-22-18-7-6-14(17(21)13-20)15-11-19(12-16(15)18)8-4-5-9-19/h6-7H,2-5,8-13H2,1H3. The van der Waals surface area contributed by atoms with Crippen molar-refractivity contribution in [1.82, 2.24) is 0 Å². The smallest absolute Gasteiger partial charge is 0.173 e. The van der Waals surface area contributed by atoms with Crippen molar-refractivity contribution in [1.29, 1.82) is 0 Å². The molecule has 0 aromatic heterocycles. The summed E-state index contributed by atoms with van der Waals surface area (Å²) in [6.07, 6.45) is 9.68. The van der Waals surface area contributed by atoms with Crippen LogP contribution >= 0.6 is 15.9 Å². The van der Waals surface area contributed by atoms with Gasteiger partial charge in [-0.15, -0.1) is 0 Å². The largest absolute Gasteiger partial charge is 0.493 e. The number of hydrogen-bond acceptors (Lipinski definition) is 2. The van der Waals surface area contributed by atoms with Crippen LogP contribution in [0.25, 0.3) is 0 Å². The Hall–Kier alpha value is -0.830. The molecule has 0 N–H and O–H groups in total. The quantitative estimate of drug-likeness (QED) is 0.398. The molecule has 1 fully saturated rings. The van der Waals surface area contributed by atoms with Crippen LogP contribution in [0.5, 0.6) is 5.75 Å². The second kappa shape index (κ2) is 6.74. The van der Waals surface area contributed by atoms with Gasteiger partial charge in [0.15, 0.2) is 5.78 Å². The van der Waals surface area contributed by atoms with Crippen molar-refractivity contribution in [3.05, 3.63) is 28.8 Å². The van der Waals surface area contributed by atoms with E-state index in [4.69, 9.17) is 4.74 Å². The maximum atomic E-state index is 12.3. The van der Waals surface area contributed by atoms with E-state index in [0.717, 1.165) is 43.6 Å². The lowest BCUT2D eigenvalue weighted by molar-refractivity contribution is 0.102. The number of hydrogen-bond donors (Lipinski definition) is 0. The van der Waals surface area contributed by atoms with Crippen LogP contribution in [0.3, 0.4) is 0 Å². The summed E-state index contributed by atoms with van der Waals surface area (Å²) in [4.78, 5) is 12.3. The Morgan fingerprint density at radius 3 is 2.64 bits per heavy atom. The van der Waals surface area contributed by atoms with Gasteiger partial charge < -0.3 is 4.74 Å². The molecule has 0 heterocycles. The van der Waals surface area contributed by atoms with Crippen LogP contribution in [0, 0.1) is 5.41 Å². The second-order valence-corrected chi connectivity index (χ2v) is 7.45. The molecular weight excluding hydrogens is 340 g/mol. The normalized spacial score (nSPS) is 18.6. The highest BCUT2D eigenvalue weighted by Crippen LogP contribution is 2.51. The van der Waals surface area contributed by atoms with Crippen molar-refractivity contribution < 1.29 is 9.53 Å². The van der Waals surface area contributed by atoms with Crippen LogP contribution in [-0.2, 0) is 12.8 Å². The molecule has 22 heavy (non-hydrogen) atoms. The van der Waals surface area contributed by atoms with Crippen molar-refractivity contribution in [2.45, 2.75) is 58.3 Å². The molecule has 0 atom stereocenters. The molecule has 1 aromatic rings. The van der Waals surface area contributed by atoms with Gasteiger partial charge in [-0.2, -0.15) is 0 Å². The minimum atomic E-state index is 0.200. The van der Waals surface area contributed by atoms with Gasteiger partial charge in [-0.25, -0.2) is 0 Å². The summed E-state index contributed by atoms with van der Waals surface area (Å²) >= 11 is 3.32.